The molecule has 2 N–H and O–H groups in total. The Morgan fingerprint density at radius 1 is 1.15 bits per heavy atom. The molecule has 1 aromatic rings. The third-order valence-corrected chi connectivity index (χ3v) is 5.73. The van der Waals surface area contributed by atoms with Crippen LogP contribution in [0.1, 0.15) is 52.0 Å². The molecule has 1 saturated carbocycles. The summed E-state index contributed by atoms with van der Waals surface area (Å²) in [6, 6.07) is 8.28. The molecule has 5 nitrogen and oxygen atoms in total. The maximum absolute atomic E-state index is 5.30. The van der Waals surface area contributed by atoms with Gasteiger partial charge in [0.1, 0.15) is 5.75 Å². The van der Waals surface area contributed by atoms with Crippen LogP contribution in [0.15, 0.2) is 29.3 Å². The Morgan fingerprint density at radius 3 is 2.37 bits per heavy atom. The van der Waals surface area contributed by atoms with Crippen molar-refractivity contribution in [2.45, 2.75) is 51.9 Å². The van der Waals surface area contributed by atoms with Crippen LogP contribution in [0.25, 0.3) is 0 Å². The second-order valence-electron chi connectivity index (χ2n) is 8.26. The van der Waals surface area contributed by atoms with Crippen LogP contribution in [0.2, 0.25) is 0 Å². The summed E-state index contributed by atoms with van der Waals surface area (Å²) in [5.41, 5.74) is 1.59. The number of benzene rings is 1. The van der Waals surface area contributed by atoms with Crippen molar-refractivity contribution in [2.75, 3.05) is 40.5 Å². The van der Waals surface area contributed by atoms with Gasteiger partial charge in [0.15, 0.2) is 5.96 Å². The highest BCUT2D eigenvalue weighted by Crippen LogP contribution is 2.43. The summed E-state index contributed by atoms with van der Waals surface area (Å²) in [6.45, 7) is 9.95. The van der Waals surface area contributed by atoms with Crippen LogP contribution in [0, 0.1) is 5.41 Å². The van der Waals surface area contributed by atoms with Crippen LogP contribution >= 0.6 is 0 Å². The van der Waals surface area contributed by atoms with Crippen LogP contribution in [-0.2, 0) is 10.2 Å². The number of aliphatic imine (C=N–C) groups is 1. The Bertz CT molecular complexity index is 592. The molecule has 0 heterocycles. The first-order valence-electron chi connectivity index (χ1n) is 10.1. The van der Waals surface area contributed by atoms with Gasteiger partial charge in [-0.25, -0.2) is 0 Å². The van der Waals surface area contributed by atoms with Gasteiger partial charge in [0.25, 0.3) is 0 Å². The topological polar surface area (TPSA) is 54.9 Å². The number of guanidine groups is 1. The number of methoxy groups -OCH3 is 2. The summed E-state index contributed by atoms with van der Waals surface area (Å²) in [5, 5.41) is 6.97. The highest BCUT2D eigenvalue weighted by Gasteiger charge is 2.36. The van der Waals surface area contributed by atoms with Crippen LogP contribution in [0.5, 0.6) is 5.75 Å². The highest BCUT2D eigenvalue weighted by atomic mass is 16.5. The molecular formula is C22H37N3O2. The molecule has 2 rings (SSSR count). The van der Waals surface area contributed by atoms with E-state index in [1.165, 1.54) is 24.8 Å². The normalized spacial score (nSPS) is 16.6. The summed E-state index contributed by atoms with van der Waals surface area (Å²) >= 11 is 0. The maximum atomic E-state index is 5.30. The van der Waals surface area contributed by atoms with Crippen molar-refractivity contribution in [1.29, 1.82) is 0 Å². The van der Waals surface area contributed by atoms with E-state index in [-0.39, 0.29) is 5.41 Å². The van der Waals surface area contributed by atoms with Crippen molar-refractivity contribution in [1.82, 2.24) is 10.6 Å². The van der Waals surface area contributed by atoms with Gasteiger partial charge in [-0.05, 0) is 49.3 Å². The van der Waals surface area contributed by atoms with Gasteiger partial charge in [-0.1, -0.05) is 32.4 Å². The zero-order valence-electron chi connectivity index (χ0n) is 17.7. The van der Waals surface area contributed by atoms with Crippen molar-refractivity contribution in [3.05, 3.63) is 29.8 Å². The largest absolute Gasteiger partial charge is 0.497 e. The first kappa shape index (κ1) is 21.5. The Labute approximate surface area is 164 Å². The number of hydrogen-bond acceptors (Lipinski definition) is 3. The van der Waals surface area contributed by atoms with E-state index in [2.05, 4.69) is 43.5 Å². The van der Waals surface area contributed by atoms with Crippen molar-refractivity contribution < 1.29 is 9.47 Å². The second-order valence-corrected chi connectivity index (χ2v) is 8.26. The molecule has 0 aliphatic heterocycles. The summed E-state index contributed by atoms with van der Waals surface area (Å²) in [4.78, 5) is 4.88. The van der Waals surface area contributed by atoms with Gasteiger partial charge in [0, 0.05) is 32.2 Å². The lowest BCUT2D eigenvalue weighted by Crippen LogP contribution is -2.47. The summed E-state index contributed by atoms with van der Waals surface area (Å²) < 4.78 is 10.6. The van der Waals surface area contributed by atoms with Crippen LogP contribution in [0.3, 0.4) is 0 Å². The Morgan fingerprint density at radius 2 is 1.85 bits per heavy atom. The zero-order chi connectivity index (χ0) is 19.8. The van der Waals surface area contributed by atoms with Crippen molar-refractivity contribution in [3.8, 4) is 5.75 Å². The number of ether oxygens (including phenoxy) is 2. The fourth-order valence-corrected chi connectivity index (χ4v) is 3.53. The zero-order valence-corrected chi connectivity index (χ0v) is 17.7. The molecule has 0 bridgehead atoms. The first-order valence-corrected chi connectivity index (χ1v) is 10.1. The molecule has 1 fully saturated rings. The van der Waals surface area contributed by atoms with Crippen LogP contribution in [-0.4, -0.2) is 46.4 Å². The number of nitrogens with zero attached hydrogens (tertiary/aromatic N) is 1. The fourth-order valence-electron chi connectivity index (χ4n) is 3.53. The summed E-state index contributed by atoms with van der Waals surface area (Å²) in [7, 11) is 3.48. The summed E-state index contributed by atoms with van der Waals surface area (Å²) in [5.74, 6) is 1.79. The van der Waals surface area contributed by atoms with Gasteiger partial charge in [0.2, 0.25) is 0 Å². The molecule has 1 aromatic carbocycles. The molecule has 0 radical (unpaired) electrons. The number of hydrogen-bond donors (Lipinski definition) is 2. The highest BCUT2D eigenvalue weighted by molar-refractivity contribution is 5.79. The Balaban J connectivity index is 1.98. The minimum atomic E-state index is -0.0428. The lowest BCUT2D eigenvalue weighted by atomic mass is 9.67. The summed E-state index contributed by atoms with van der Waals surface area (Å²) in [6.07, 6.45) is 5.00. The third kappa shape index (κ3) is 6.13. The van der Waals surface area contributed by atoms with E-state index in [4.69, 9.17) is 14.5 Å². The Kier molecular flexibility index (Phi) is 7.96. The lowest BCUT2D eigenvalue weighted by molar-refractivity contribution is 0.0732. The van der Waals surface area contributed by atoms with Gasteiger partial charge in [-0.2, -0.15) is 0 Å². The van der Waals surface area contributed by atoms with Crippen molar-refractivity contribution in [2.24, 2.45) is 10.4 Å². The monoisotopic (exact) mass is 375 g/mol. The van der Waals surface area contributed by atoms with E-state index in [1.807, 2.05) is 12.1 Å². The van der Waals surface area contributed by atoms with E-state index in [9.17, 15) is 0 Å². The maximum Gasteiger partial charge on any atom is 0.191 e. The second kappa shape index (κ2) is 9.98. The van der Waals surface area contributed by atoms with Gasteiger partial charge in [0.05, 0.1) is 13.7 Å². The standard InChI is InChI=1S/C22H37N3O2/c1-6-23-20(25-17-22(12-7-13-22)14-15-26-4)24-16-21(2,3)18-8-10-19(27-5)11-9-18/h8-11H,6-7,12-17H2,1-5H3,(H2,23,24,25). The molecule has 1 aliphatic rings. The fraction of sp³-hybridized carbons (Fsp3) is 0.682. The SMILES string of the molecule is CCNC(=NCC(C)(C)c1ccc(OC)cc1)NCC1(CCOC)CCC1. The molecule has 152 valence electrons. The van der Waals surface area contributed by atoms with Crippen LogP contribution in [0.4, 0.5) is 0 Å². The van der Waals surface area contributed by atoms with E-state index in [1.54, 1.807) is 14.2 Å². The molecule has 27 heavy (non-hydrogen) atoms. The smallest absolute Gasteiger partial charge is 0.191 e. The molecule has 0 atom stereocenters. The third-order valence-electron chi connectivity index (χ3n) is 5.73. The molecule has 0 aromatic heterocycles. The van der Waals surface area contributed by atoms with Crippen LogP contribution < -0.4 is 15.4 Å². The first-order chi connectivity index (χ1) is 12.9. The molecule has 0 unspecified atom stereocenters. The van der Waals surface area contributed by atoms with Gasteiger partial charge in [-0.15, -0.1) is 0 Å². The number of nitrogens with one attached hydrogen (secondary N) is 2. The molecule has 0 amide bonds. The van der Waals surface area contributed by atoms with E-state index < -0.39 is 0 Å². The lowest BCUT2D eigenvalue weighted by Gasteiger charge is -2.42. The van der Waals surface area contributed by atoms with Crippen molar-refractivity contribution in [3.63, 3.8) is 0 Å². The minimum Gasteiger partial charge on any atom is -0.497 e. The minimum absolute atomic E-state index is 0.0428. The van der Waals surface area contributed by atoms with Crippen molar-refractivity contribution >= 4 is 5.96 Å². The predicted molar refractivity (Wildman–Crippen MR) is 113 cm³/mol. The molecule has 0 spiro atoms. The van der Waals surface area contributed by atoms with Gasteiger partial charge >= 0.3 is 0 Å². The molecule has 0 saturated heterocycles. The average Bonchev–Trinajstić information content (AvgIpc) is 2.65. The van der Waals surface area contributed by atoms with E-state index >= 15 is 0 Å². The molecule has 1 aliphatic carbocycles. The molecule has 5 heteroatoms. The molecular weight excluding hydrogens is 338 g/mol. The predicted octanol–water partition coefficient (Wildman–Crippen LogP) is 3.73. The van der Waals surface area contributed by atoms with Gasteiger partial charge < -0.3 is 20.1 Å². The Hall–Kier alpha value is -1.75. The van der Waals surface area contributed by atoms with E-state index in [0.29, 0.717) is 5.41 Å². The quantitative estimate of drug-likeness (QED) is 0.483. The van der Waals surface area contributed by atoms with E-state index in [0.717, 1.165) is 44.4 Å². The average molecular weight is 376 g/mol. The number of rotatable bonds is 10. The van der Waals surface area contributed by atoms with Gasteiger partial charge in [-0.3, -0.25) is 4.99 Å².